The molecule has 1 rings (SSSR count). The molecule has 16 heavy (non-hydrogen) atoms. The molecule has 0 aliphatic carbocycles. The van der Waals surface area contributed by atoms with Crippen molar-refractivity contribution in [2.24, 2.45) is 4.99 Å². The van der Waals surface area contributed by atoms with Gasteiger partial charge in [-0.05, 0) is 5.56 Å². The number of hydrogen-bond donors (Lipinski definition) is 1. The number of benzene rings is 1. The van der Waals surface area contributed by atoms with Crippen LogP contribution in [0.25, 0.3) is 0 Å². The third kappa shape index (κ3) is 5.19. The monoisotopic (exact) mass is 246 g/mol. The Hall–Kier alpha value is -1.00. The minimum atomic E-state index is -2.67. The smallest absolute Gasteiger partial charge is 0.290 e. The molecule has 88 valence electrons. The van der Waals surface area contributed by atoms with Crippen LogP contribution in [0.5, 0.6) is 0 Å². The first-order chi connectivity index (χ1) is 7.70. The predicted octanol–water partition coefficient (Wildman–Crippen LogP) is 2.68. The van der Waals surface area contributed by atoms with Crippen molar-refractivity contribution in [2.75, 3.05) is 13.1 Å². The van der Waals surface area contributed by atoms with Crippen LogP contribution in [0.3, 0.4) is 0 Å². The van der Waals surface area contributed by atoms with E-state index < -0.39 is 11.6 Å². The second-order valence-electron chi connectivity index (χ2n) is 3.17. The number of nitrogens with zero attached hydrogens (tertiary/aromatic N) is 1. The Bertz CT molecular complexity index is 328. The van der Waals surface area contributed by atoms with E-state index in [-0.39, 0.29) is 6.54 Å². The molecule has 0 saturated heterocycles. The van der Waals surface area contributed by atoms with Crippen molar-refractivity contribution < 1.29 is 8.78 Å². The molecule has 1 aromatic rings. The molecule has 0 heterocycles. The van der Waals surface area contributed by atoms with Crippen LogP contribution in [0.2, 0.25) is 0 Å². The van der Waals surface area contributed by atoms with Crippen LogP contribution >= 0.6 is 11.6 Å². The van der Waals surface area contributed by atoms with E-state index in [1.165, 1.54) is 0 Å². The number of alkyl halides is 2. The van der Waals surface area contributed by atoms with Crippen molar-refractivity contribution in [1.29, 1.82) is 0 Å². The lowest BCUT2D eigenvalue weighted by atomic mass is 10.2. The lowest BCUT2D eigenvalue weighted by Gasteiger charge is -2.02. The molecule has 0 fully saturated rings. The van der Waals surface area contributed by atoms with Crippen LogP contribution in [-0.4, -0.2) is 24.7 Å². The van der Waals surface area contributed by atoms with E-state index in [1.54, 1.807) is 0 Å². The van der Waals surface area contributed by atoms with E-state index in [0.29, 0.717) is 13.1 Å². The van der Waals surface area contributed by atoms with Gasteiger partial charge in [-0.2, -0.15) is 0 Å². The molecule has 0 radical (unpaired) electrons. The van der Waals surface area contributed by atoms with Crippen LogP contribution in [0, 0.1) is 0 Å². The Morgan fingerprint density at radius 3 is 2.62 bits per heavy atom. The highest BCUT2D eigenvalue weighted by Gasteiger charge is 2.07. The number of rotatable bonds is 6. The van der Waals surface area contributed by atoms with Crippen molar-refractivity contribution in [3.05, 3.63) is 35.9 Å². The Morgan fingerprint density at radius 2 is 2.00 bits per heavy atom. The highest BCUT2D eigenvalue weighted by atomic mass is 35.5. The van der Waals surface area contributed by atoms with E-state index >= 15 is 0 Å². The minimum Gasteiger partial charge on any atom is -0.311 e. The summed E-state index contributed by atoms with van der Waals surface area (Å²) in [4.78, 5) is 3.52. The summed E-state index contributed by atoms with van der Waals surface area (Å²) in [5.41, 5.74) is 1.14. The van der Waals surface area contributed by atoms with Gasteiger partial charge in [-0.3, -0.25) is 4.99 Å². The molecule has 1 aromatic carbocycles. The Labute approximate surface area is 98.3 Å². The lowest BCUT2D eigenvalue weighted by molar-refractivity contribution is 0.228. The van der Waals surface area contributed by atoms with Crippen LogP contribution < -0.4 is 5.32 Å². The van der Waals surface area contributed by atoms with Gasteiger partial charge in [-0.1, -0.05) is 41.9 Å². The Kier molecular flexibility index (Phi) is 5.96. The average Bonchev–Trinajstić information content (AvgIpc) is 2.29. The summed E-state index contributed by atoms with van der Waals surface area (Å²) in [6.45, 7) is 1.48. The second-order valence-corrected chi connectivity index (χ2v) is 3.55. The van der Waals surface area contributed by atoms with Gasteiger partial charge in [0.1, 0.15) is 0 Å². The fourth-order valence-corrected chi connectivity index (χ4v) is 1.22. The number of hydrogen-bond acceptors (Lipinski definition) is 2. The minimum absolute atomic E-state index is 0.260. The normalized spacial score (nSPS) is 12.1. The molecular formula is C11H13ClF2N2. The molecule has 0 unspecified atom stereocenters. The number of nitrogens with one attached hydrogen (secondary N) is 1. The van der Waals surface area contributed by atoms with Crippen LogP contribution in [0.4, 0.5) is 8.78 Å². The number of halogens is 3. The first-order valence-electron chi connectivity index (χ1n) is 4.93. The predicted molar refractivity (Wildman–Crippen MR) is 62.3 cm³/mol. The standard InChI is InChI=1S/C11H13ClF2N2/c12-10(11(13)14)16-7-6-15-8-9-4-2-1-3-5-9/h1-5,11,15H,6-8H2. The summed E-state index contributed by atoms with van der Waals surface area (Å²) < 4.78 is 23.8. The van der Waals surface area contributed by atoms with E-state index in [1.807, 2.05) is 30.3 Å². The summed E-state index contributed by atoms with van der Waals surface area (Å²) in [6, 6.07) is 9.81. The Morgan fingerprint density at radius 1 is 1.31 bits per heavy atom. The topological polar surface area (TPSA) is 24.4 Å². The van der Waals surface area contributed by atoms with Gasteiger partial charge in [0.25, 0.3) is 6.43 Å². The molecule has 0 bridgehead atoms. The zero-order valence-electron chi connectivity index (χ0n) is 8.67. The highest BCUT2D eigenvalue weighted by molar-refractivity contribution is 6.66. The zero-order chi connectivity index (χ0) is 11.8. The van der Waals surface area contributed by atoms with Gasteiger partial charge >= 0.3 is 0 Å². The molecule has 5 heteroatoms. The molecule has 1 N–H and O–H groups in total. The molecular weight excluding hydrogens is 234 g/mol. The van der Waals surface area contributed by atoms with Gasteiger partial charge in [0, 0.05) is 13.1 Å². The van der Waals surface area contributed by atoms with Gasteiger partial charge in [0.2, 0.25) is 0 Å². The van der Waals surface area contributed by atoms with Gasteiger partial charge in [-0.25, -0.2) is 8.78 Å². The molecule has 0 aliphatic rings. The molecule has 0 atom stereocenters. The fraction of sp³-hybridized carbons (Fsp3) is 0.364. The van der Waals surface area contributed by atoms with Crippen molar-refractivity contribution in [1.82, 2.24) is 5.32 Å². The first kappa shape index (κ1) is 13.1. The van der Waals surface area contributed by atoms with Crippen molar-refractivity contribution in [2.45, 2.75) is 13.0 Å². The molecule has 0 aromatic heterocycles. The second kappa shape index (κ2) is 7.30. The molecule has 0 spiro atoms. The third-order valence-corrected chi connectivity index (χ3v) is 2.19. The van der Waals surface area contributed by atoms with Crippen molar-refractivity contribution in [3.63, 3.8) is 0 Å². The van der Waals surface area contributed by atoms with Crippen LogP contribution in [-0.2, 0) is 6.54 Å². The van der Waals surface area contributed by atoms with Gasteiger partial charge in [0.05, 0.1) is 6.54 Å². The maximum atomic E-state index is 11.9. The van der Waals surface area contributed by atoms with Crippen molar-refractivity contribution >= 4 is 16.8 Å². The average molecular weight is 247 g/mol. The van der Waals surface area contributed by atoms with E-state index in [9.17, 15) is 8.78 Å². The molecule has 0 saturated carbocycles. The van der Waals surface area contributed by atoms with Crippen LogP contribution in [0.15, 0.2) is 35.3 Å². The summed E-state index contributed by atoms with van der Waals surface area (Å²) in [5.74, 6) is 0. The van der Waals surface area contributed by atoms with Crippen LogP contribution in [0.1, 0.15) is 5.56 Å². The van der Waals surface area contributed by atoms with Gasteiger partial charge in [0.15, 0.2) is 5.17 Å². The highest BCUT2D eigenvalue weighted by Crippen LogP contribution is 2.00. The third-order valence-electron chi connectivity index (χ3n) is 1.90. The van der Waals surface area contributed by atoms with Gasteiger partial charge < -0.3 is 5.32 Å². The maximum absolute atomic E-state index is 11.9. The Balaban J connectivity index is 2.16. The summed E-state index contributed by atoms with van der Waals surface area (Å²) >= 11 is 5.18. The molecule has 0 amide bonds. The largest absolute Gasteiger partial charge is 0.311 e. The molecule has 2 nitrogen and oxygen atoms in total. The SMILES string of the molecule is FC(F)C(Cl)=NCCNCc1ccccc1. The summed E-state index contributed by atoms with van der Waals surface area (Å²) in [6.07, 6.45) is -2.67. The fourth-order valence-electron chi connectivity index (χ4n) is 1.14. The van der Waals surface area contributed by atoms with E-state index in [4.69, 9.17) is 11.6 Å². The van der Waals surface area contributed by atoms with Gasteiger partial charge in [-0.15, -0.1) is 0 Å². The quantitative estimate of drug-likeness (QED) is 0.606. The van der Waals surface area contributed by atoms with E-state index in [0.717, 1.165) is 5.56 Å². The summed E-state index contributed by atoms with van der Waals surface area (Å²) in [7, 11) is 0. The zero-order valence-corrected chi connectivity index (χ0v) is 9.42. The maximum Gasteiger partial charge on any atom is 0.290 e. The lowest BCUT2D eigenvalue weighted by Crippen LogP contribution is -2.18. The first-order valence-corrected chi connectivity index (χ1v) is 5.30. The van der Waals surface area contributed by atoms with E-state index in [2.05, 4.69) is 10.3 Å². The van der Waals surface area contributed by atoms with Crippen molar-refractivity contribution in [3.8, 4) is 0 Å². The number of aliphatic imine (C=N–C) groups is 1. The summed E-state index contributed by atoms with van der Waals surface area (Å²) in [5, 5.41) is 2.46. The molecule has 0 aliphatic heterocycles.